The molecule has 7 heteroatoms. The lowest BCUT2D eigenvalue weighted by molar-refractivity contribution is -0.136. The Morgan fingerprint density at radius 2 is 1.63 bits per heavy atom. The lowest BCUT2D eigenvalue weighted by atomic mass is 9.81. The number of pyridine rings is 1. The summed E-state index contributed by atoms with van der Waals surface area (Å²) in [5, 5.41) is 11.0. The summed E-state index contributed by atoms with van der Waals surface area (Å²) in [4.78, 5) is 34.7. The molecule has 2 aromatic carbocycles. The van der Waals surface area contributed by atoms with Crippen molar-refractivity contribution < 1.29 is 14.7 Å². The minimum atomic E-state index is -0.921. The first-order valence-corrected chi connectivity index (χ1v) is 15.0. The molecule has 41 heavy (non-hydrogen) atoms. The Bertz CT molecular complexity index is 1600. The first-order chi connectivity index (χ1) is 20.1. The van der Waals surface area contributed by atoms with Gasteiger partial charge in [0.1, 0.15) is 0 Å². The molecule has 1 atom stereocenters. The zero-order valence-corrected chi connectivity index (χ0v) is 23.3. The lowest BCUT2D eigenvalue weighted by Gasteiger charge is -2.37. The van der Waals surface area contributed by atoms with Crippen LogP contribution in [0, 0.1) is 5.92 Å². The fourth-order valence-electron chi connectivity index (χ4n) is 7.44. The van der Waals surface area contributed by atoms with Crippen molar-refractivity contribution in [2.24, 2.45) is 5.92 Å². The van der Waals surface area contributed by atoms with Gasteiger partial charge in [0.2, 0.25) is 5.91 Å². The number of piperazine rings is 1. The zero-order chi connectivity index (χ0) is 27.9. The average Bonchev–Trinajstić information content (AvgIpc) is 3.24. The fourth-order valence-corrected chi connectivity index (χ4v) is 7.44. The predicted molar refractivity (Wildman–Crippen MR) is 160 cm³/mol. The van der Waals surface area contributed by atoms with Crippen LogP contribution < -0.4 is 4.90 Å². The van der Waals surface area contributed by atoms with Gasteiger partial charge in [0.25, 0.3) is 0 Å². The van der Waals surface area contributed by atoms with E-state index in [9.17, 15) is 14.7 Å². The van der Waals surface area contributed by atoms with Crippen molar-refractivity contribution in [1.29, 1.82) is 0 Å². The number of aromatic carboxylic acids is 1. The SMILES string of the molecule is O=C(O)c1ccc2c(C3CCCCC3)c3n(c2c1)CC(C(=O)N1CCN(c2ccncc2)CC1)Cc1ccccc1-3. The number of amides is 1. The maximum atomic E-state index is 14.2. The molecule has 7 rings (SSSR count). The van der Waals surface area contributed by atoms with E-state index in [4.69, 9.17) is 0 Å². The number of hydrogen-bond acceptors (Lipinski definition) is 4. The molecule has 2 fully saturated rings. The largest absolute Gasteiger partial charge is 0.478 e. The number of aromatic nitrogens is 2. The van der Waals surface area contributed by atoms with Crippen LogP contribution in [0.25, 0.3) is 22.2 Å². The number of hydrogen-bond donors (Lipinski definition) is 1. The van der Waals surface area contributed by atoms with Crippen LogP contribution in [0.4, 0.5) is 5.69 Å². The minimum absolute atomic E-state index is 0.192. The monoisotopic (exact) mass is 548 g/mol. The summed E-state index contributed by atoms with van der Waals surface area (Å²) in [5.41, 5.74) is 7.32. The van der Waals surface area contributed by atoms with Gasteiger partial charge in [-0.05, 0) is 60.6 Å². The quantitative estimate of drug-likeness (QED) is 0.340. The molecule has 4 heterocycles. The van der Waals surface area contributed by atoms with Gasteiger partial charge < -0.3 is 19.5 Å². The molecular weight excluding hydrogens is 512 g/mol. The van der Waals surface area contributed by atoms with Crippen LogP contribution in [0.2, 0.25) is 0 Å². The van der Waals surface area contributed by atoms with Crippen LogP contribution in [-0.4, -0.2) is 57.6 Å². The van der Waals surface area contributed by atoms with Crippen molar-refractivity contribution >= 4 is 28.5 Å². The van der Waals surface area contributed by atoms with Crippen molar-refractivity contribution in [3.8, 4) is 11.3 Å². The lowest BCUT2D eigenvalue weighted by Crippen LogP contribution is -2.51. The van der Waals surface area contributed by atoms with Gasteiger partial charge in [0.05, 0.1) is 17.2 Å². The molecule has 3 aliphatic rings. The molecule has 0 radical (unpaired) electrons. The maximum Gasteiger partial charge on any atom is 0.335 e. The summed E-state index contributed by atoms with van der Waals surface area (Å²) < 4.78 is 2.30. The summed E-state index contributed by atoms with van der Waals surface area (Å²) in [6.45, 7) is 3.53. The Kier molecular flexibility index (Phi) is 6.73. The van der Waals surface area contributed by atoms with E-state index in [1.165, 1.54) is 41.6 Å². The molecule has 1 aliphatic carbocycles. The predicted octanol–water partition coefficient (Wildman–Crippen LogP) is 5.97. The van der Waals surface area contributed by atoms with E-state index in [-0.39, 0.29) is 11.8 Å². The van der Waals surface area contributed by atoms with E-state index in [0.29, 0.717) is 37.5 Å². The third-order valence-electron chi connectivity index (χ3n) is 9.47. The molecule has 7 nitrogen and oxygen atoms in total. The van der Waals surface area contributed by atoms with Crippen LogP contribution >= 0.6 is 0 Å². The highest BCUT2D eigenvalue weighted by Crippen LogP contribution is 2.46. The van der Waals surface area contributed by atoms with Crippen LogP contribution in [0.5, 0.6) is 0 Å². The van der Waals surface area contributed by atoms with Gasteiger partial charge in [-0.25, -0.2) is 4.79 Å². The molecule has 1 N–H and O–H groups in total. The van der Waals surface area contributed by atoms with Crippen molar-refractivity contribution in [3.05, 3.63) is 83.7 Å². The molecule has 1 saturated carbocycles. The number of benzene rings is 2. The molecule has 2 aliphatic heterocycles. The highest BCUT2D eigenvalue weighted by Gasteiger charge is 2.35. The molecule has 4 aromatic rings. The van der Waals surface area contributed by atoms with Gasteiger partial charge in [-0.3, -0.25) is 9.78 Å². The molecule has 0 spiro atoms. The second-order valence-electron chi connectivity index (χ2n) is 11.8. The number of rotatable bonds is 4. The fraction of sp³-hybridized carbons (Fsp3) is 0.382. The van der Waals surface area contributed by atoms with E-state index in [2.05, 4.69) is 38.7 Å². The Balaban J connectivity index is 1.28. The zero-order valence-electron chi connectivity index (χ0n) is 23.3. The van der Waals surface area contributed by atoms with Crippen molar-refractivity contribution in [1.82, 2.24) is 14.5 Å². The van der Waals surface area contributed by atoms with E-state index in [0.717, 1.165) is 42.5 Å². The second kappa shape index (κ2) is 10.7. The topological polar surface area (TPSA) is 78.7 Å². The molecule has 1 saturated heterocycles. The van der Waals surface area contributed by atoms with Crippen LogP contribution in [0.1, 0.15) is 59.5 Å². The highest BCUT2D eigenvalue weighted by atomic mass is 16.4. The molecule has 2 aromatic heterocycles. The normalized spacial score (nSPS) is 19.5. The Labute approximate surface area is 240 Å². The number of carbonyl (C=O) groups is 2. The van der Waals surface area contributed by atoms with Crippen molar-refractivity contribution in [3.63, 3.8) is 0 Å². The standard InChI is InChI=1S/C34H36N4O3/c39-33(37-18-16-36(17-19-37)27-12-14-35-15-13-27)26-20-24-8-4-5-9-28(24)32-31(23-6-2-1-3-7-23)29-11-10-25(34(40)41)21-30(29)38(32)22-26/h4-5,8-15,21,23,26H,1-3,6-7,16-20,22H2,(H,40,41). The number of anilines is 1. The number of nitrogens with zero attached hydrogens (tertiary/aromatic N) is 4. The smallest absolute Gasteiger partial charge is 0.335 e. The molecule has 1 unspecified atom stereocenters. The Morgan fingerprint density at radius 1 is 0.878 bits per heavy atom. The third-order valence-corrected chi connectivity index (χ3v) is 9.47. The van der Waals surface area contributed by atoms with Gasteiger partial charge in [0.15, 0.2) is 0 Å². The molecule has 0 bridgehead atoms. The van der Waals surface area contributed by atoms with E-state index >= 15 is 0 Å². The number of carboxylic acid groups (broad SMARTS) is 1. The maximum absolute atomic E-state index is 14.2. The molecule has 210 valence electrons. The van der Waals surface area contributed by atoms with E-state index in [1.54, 1.807) is 6.07 Å². The Morgan fingerprint density at radius 3 is 2.39 bits per heavy atom. The van der Waals surface area contributed by atoms with Crippen LogP contribution in [0.3, 0.4) is 0 Å². The number of carbonyl (C=O) groups excluding carboxylic acids is 1. The minimum Gasteiger partial charge on any atom is -0.478 e. The van der Waals surface area contributed by atoms with Crippen LogP contribution in [0.15, 0.2) is 67.0 Å². The van der Waals surface area contributed by atoms with Crippen LogP contribution in [-0.2, 0) is 17.8 Å². The summed E-state index contributed by atoms with van der Waals surface area (Å²) in [6, 6.07) is 18.2. The first kappa shape index (κ1) is 25.8. The summed E-state index contributed by atoms with van der Waals surface area (Å²) >= 11 is 0. The van der Waals surface area contributed by atoms with Crippen molar-refractivity contribution in [2.75, 3.05) is 31.1 Å². The Hall–Kier alpha value is -4.13. The van der Waals surface area contributed by atoms with Gasteiger partial charge in [-0.15, -0.1) is 0 Å². The van der Waals surface area contributed by atoms with Gasteiger partial charge in [0, 0.05) is 67.3 Å². The van der Waals surface area contributed by atoms with Gasteiger partial charge in [-0.2, -0.15) is 0 Å². The molecule has 1 amide bonds. The van der Waals surface area contributed by atoms with Gasteiger partial charge >= 0.3 is 5.97 Å². The second-order valence-corrected chi connectivity index (χ2v) is 11.8. The summed E-state index contributed by atoms with van der Waals surface area (Å²) in [6.07, 6.45) is 10.3. The summed E-state index contributed by atoms with van der Waals surface area (Å²) in [7, 11) is 0. The van der Waals surface area contributed by atoms with E-state index < -0.39 is 5.97 Å². The first-order valence-electron chi connectivity index (χ1n) is 15.0. The van der Waals surface area contributed by atoms with Crippen molar-refractivity contribution in [2.45, 2.75) is 51.0 Å². The number of fused-ring (bicyclic) bond motifs is 5. The summed E-state index contributed by atoms with van der Waals surface area (Å²) in [5.74, 6) is -0.499. The molecular formula is C34H36N4O3. The van der Waals surface area contributed by atoms with Gasteiger partial charge in [-0.1, -0.05) is 49.6 Å². The third kappa shape index (κ3) is 4.67. The average molecular weight is 549 g/mol. The van der Waals surface area contributed by atoms with E-state index in [1.807, 2.05) is 41.6 Å². The number of carboxylic acids is 1. The highest BCUT2D eigenvalue weighted by molar-refractivity contribution is 5.99.